The molecule has 6 nitrogen and oxygen atoms in total. The zero-order valence-electron chi connectivity index (χ0n) is 16.0. The molecular formula is C20H31N4O2+. The second kappa shape index (κ2) is 8.54. The maximum Gasteiger partial charge on any atom is 0.279 e. The van der Waals surface area contributed by atoms with Crippen molar-refractivity contribution in [1.82, 2.24) is 4.90 Å². The van der Waals surface area contributed by atoms with Crippen LogP contribution < -0.4 is 15.1 Å². The molecule has 0 atom stereocenters. The molecule has 2 fully saturated rings. The normalized spacial score (nSPS) is 19.5. The first-order valence-corrected chi connectivity index (χ1v) is 9.75. The van der Waals surface area contributed by atoms with E-state index in [0.717, 1.165) is 50.9 Å². The van der Waals surface area contributed by atoms with Gasteiger partial charge in [-0.05, 0) is 43.0 Å². The Labute approximate surface area is 156 Å². The molecule has 2 N–H and O–H groups in total. The minimum absolute atomic E-state index is 0.0378. The lowest BCUT2D eigenvalue weighted by Crippen LogP contribution is -3.15. The Balaban J connectivity index is 1.45. The molecule has 26 heavy (non-hydrogen) atoms. The number of carbonyl (C=O) groups excluding carboxylic acids is 2. The average Bonchev–Trinajstić information content (AvgIpc) is 2.63. The van der Waals surface area contributed by atoms with Crippen LogP contribution in [0.15, 0.2) is 24.3 Å². The quantitative estimate of drug-likeness (QED) is 0.828. The van der Waals surface area contributed by atoms with Crippen LogP contribution in [-0.4, -0.2) is 62.5 Å². The van der Waals surface area contributed by atoms with E-state index in [0.29, 0.717) is 6.54 Å². The standard InChI is InChI=1S/C20H30N4O2/c1-16-7-9-24(10-8-16)19-5-3-18(4-6-19)21-20(26)15-22-11-13-23(14-12-22)17(2)25/h3-6,16H,7-15H2,1-2H3,(H,21,26)/p+1. The molecule has 0 bridgehead atoms. The van der Waals surface area contributed by atoms with E-state index in [1.165, 1.54) is 23.4 Å². The minimum Gasteiger partial charge on any atom is -0.372 e. The summed E-state index contributed by atoms with van der Waals surface area (Å²) < 4.78 is 0. The summed E-state index contributed by atoms with van der Waals surface area (Å²) in [5.41, 5.74) is 2.09. The molecule has 2 heterocycles. The van der Waals surface area contributed by atoms with Gasteiger partial charge >= 0.3 is 0 Å². The topological polar surface area (TPSA) is 57.1 Å². The summed E-state index contributed by atoms with van der Waals surface area (Å²) in [7, 11) is 0. The van der Waals surface area contributed by atoms with E-state index >= 15 is 0 Å². The Hall–Kier alpha value is -2.08. The van der Waals surface area contributed by atoms with Crippen molar-refractivity contribution in [2.75, 3.05) is 56.0 Å². The molecule has 1 aromatic carbocycles. The minimum atomic E-state index is 0.0378. The van der Waals surface area contributed by atoms with Gasteiger partial charge in [-0.1, -0.05) is 6.92 Å². The second-order valence-electron chi connectivity index (χ2n) is 7.70. The molecule has 0 unspecified atom stereocenters. The van der Waals surface area contributed by atoms with E-state index in [9.17, 15) is 9.59 Å². The van der Waals surface area contributed by atoms with Crippen molar-refractivity contribution < 1.29 is 14.5 Å². The highest BCUT2D eigenvalue weighted by Crippen LogP contribution is 2.24. The first kappa shape index (κ1) is 18.7. The van der Waals surface area contributed by atoms with Gasteiger partial charge < -0.3 is 20.0 Å². The van der Waals surface area contributed by atoms with E-state index in [2.05, 4.69) is 29.3 Å². The van der Waals surface area contributed by atoms with E-state index in [1.807, 2.05) is 17.0 Å². The fourth-order valence-corrected chi connectivity index (χ4v) is 3.77. The van der Waals surface area contributed by atoms with Gasteiger partial charge in [0.25, 0.3) is 5.91 Å². The zero-order chi connectivity index (χ0) is 18.5. The highest BCUT2D eigenvalue weighted by molar-refractivity contribution is 5.91. The number of nitrogens with one attached hydrogen (secondary N) is 2. The number of benzene rings is 1. The predicted octanol–water partition coefficient (Wildman–Crippen LogP) is 0.608. The molecule has 1 aromatic rings. The van der Waals surface area contributed by atoms with Crippen LogP contribution in [0.3, 0.4) is 0 Å². The highest BCUT2D eigenvalue weighted by Gasteiger charge is 2.23. The summed E-state index contributed by atoms with van der Waals surface area (Å²) in [5.74, 6) is 0.984. The molecule has 0 aromatic heterocycles. The van der Waals surface area contributed by atoms with Crippen LogP contribution >= 0.6 is 0 Å². The fraction of sp³-hybridized carbons (Fsp3) is 0.600. The van der Waals surface area contributed by atoms with Crippen LogP contribution in [-0.2, 0) is 9.59 Å². The Morgan fingerprint density at radius 2 is 1.69 bits per heavy atom. The van der Waals surface area contributed by atoms with Crippen LogP contribution in [0, 0.1) is 5.92 Å². The molecular weight excluding hydrogens is 328 g/mol. The first-order valence-electron chi connectivity index (χ1n) is 9.75. The molecule has 142 valence electrons. The average molecular weight is 359 g/mol. The van der Waals surface area contributed by atoms with Crippen molar-refractivity contribution in [3.05, 3.63) is 24.3 Å². The maximum atomic E-state index is 12.3. The van der Waals surface area contributed by atoms with E-state index < -0.39 is 0 Å². The van der Waals surface area contributed by atoms with Crippen LogP contribution in [0.25, 0.3) is 0 Å². The van der Waals surface area contributed by atoms with Crippen LogP contribution in [0.1, 0.15) is 26.7 Å². The summed E-state index contributed by atoms with van der Waals surface area (Å²) in [6.45, 7) is 9.74. The number of amides is 2. The number of piperidine rings is 1. The SMILES string of the molecule is CC(=O)N1CC[NH+](CC(=O)Nc2ccc(N3CCC(C)CC3)cc2)CC1. The van der Waals surface area contributed by atoms with Crippen LogP contribution in [0.2, 0.25) is 0 Å². The van der Waals surface area contributed by atoms with Gasteiger partial charge in [0.2, 0.25) is 5.91 Å². The summed E-state index contributed by atoms with van der Waals surface area (Å²) in [5, 5.41) is 3.00. The molecule has 3 rings (SSSR count). The number of hydrogen-bond donors (Lipinski definition) is 2. The second-order valence-corrected chi connectivity index (χ2v) is 7.70. The Bertz CT molecular complexity index is 615. The van der Waals surface area contributed by atoms with E-state index in [4.69, 9.17) is 0 Å². The molecule has 0 spiro atoms. The summed E-state index contributed by atoms with van der Waals surface area (Å²) in [6.07, 6.45) is 2.50. The molecule has 0 radical (unpaired) electrons. The van der Waals surface area contributed by atoms with Crippen molar-refractivity contribution in [3.8, 4) is 0 Å². The van der Waals surface area contributed by atoms with E-state index in [-0.39, 0.29) is 11.8 Å². The van der Waals surface area contributed by atoms with Gasteiger partial charge in [-0.15, -0.1) is 0 Å². The van der Waals surface area contributed by atoms with Crippen molar-refractivity contribution in [2.24, 2.45) is 5.92 Å². The van der Waals surface area contributed by atoms with Crippen LogP contribution in [0.5, 0.6) is 0 Å². The summed E-state index contributed by atoms with van der Waals surface area (Å²) in [6, 6.07) is 8.19. The first-order chi connectivity index (χ1) is 12.5. The Morgan fingerprint density at radius 1 is 1.08 bits per heavy atom. The third-order valence-electron chi connectivity index (χ3n) is 5.63. The van der Waals surface area contributed by atoms with Gasteiger partial charge in [0.1, 0.15) is 0 Å². The molecule has 0 saturated carbocycles. The molecule has 2 aliphatic rings. The molecule has 6 heteroatoms. The molecule has 2 amide bonds. The Morgan fingerprint density at radius 3 is 2.27 bits per heavy atom. The fourth-order valence-electron chi connectivity index (χ4n) is 3.77. The number of carbonyl (C=O) groups is 2. The van der Waals surface area contributed by atoms with Gasteiger partial charge in [-0.3, -0.25) is 9.59 Å². The van der Waals surface area contributed by atoms with Crippen molar-refractivity contribution >= 4 is 23.2 Å². The van der Waals surface area contributed by atoms with Gasteiger partial charge in [0.15, 0.2) is 6.54 Å². The highest BCUT2D eigenvalue weighted by atomic mass is 16.2. The molecule has 2 saturated heterocycles. The van der Waals surface area contributed by atoms with Crippen LogP contribution in [0.4, 0.5) is 11.4 Å². The molecule has 0 aliphatic carbocycles. The van der Waals surface area contributed by atoms with Gasteiger partial charge in [-0.2, -0.15) is 0 Å². The maximum absolute atomic E-state index is 12.3. The zero-order valence-corrected chi connectivity index (χ0v) is 16.0. The predicted molar refractivity (Wildman–Crippen MR) is 104 cm³/mol. The number of quaternary nitrogens is 1. The van der Waals surface area contributed by atoms with Gasteiger partial charge in [0, 0.05) is 31.4 Å². The molecule has 2 aliphatic heterocycles. The number of piperazine rings is 1. The number of rotatable bonds is 4. The number of nitrogens with zero attached hydrogens (tertiary/aromatic N) is 2. The van der Waals surface area contributed by atoms with Crippen molar-refractivity contribution in [1.29, 1.82) is 0 Å². The third kappa shape index (κ3) is 4.97. The van der Waals surface area contributed by atoms with Crippen molar-refractivity contribution in [3.63, 3.8) is 0 Å². The monoisotopic (exact) mass is 359 g/mol. The van der Waals surface area contributed by atoms with Gasteiger partial charge in [0.05, 0.1) is 26.2 Å². The lowest BCUT2D eigenvalue weighted by Gasteiger charge is -2.32. The Kier molecular flexibility index (Phi) is 6.14. The number of anilines is 2. The summed E-state index contributed by atoms with van der Waals surface area (Å²) in [4.78, 5) is 29.2. The van der Waals surface area contributed by atoms with E-state index in [1.54, 1.807) is 6.92 Å². The van der Waals surface area contributed by atoms with Gasteiger partial charge in [-0.25, -0.2) is 0 Å². The number of hydrogen-bond acceptors (Lipinski definition) is 3. The van der Waals surface area contributed by atoms with Crippen molar-refractivity contribution in [2.45, 2.75) is 26.7 Å². The largest absolute Gasteiger partial charge is 0.372 e. The lowest BCUT2D eigenvalue weighted by molar-refractivity contribution is -0.895. The smallest absolute Gasteiger partial charge is 0.279 e. The summed E-state index contributed by atoms with van der Waals surface area (Å²) >= 11 is 0. The lowest BCUT2D eigenvalue weighted by atomic mass is 9.99. The third-order valence-corrected chi connectivity index (χ3v) is 5.63.